The monoisotopic (exact) mass is 385 g/mol. The van der Waals surface area contributed by atoms with Gasteiger partial charge in [-0.3, -0.25) is 19.7 Å². The summed E-state index contributed by atoms with van der Waals surface area (Å²) in [5, 5.41) is 16.0. The molecule has 9 heteroatoms. The van der Waals surface area contributed by atoms with Gasteiger partial charge in [-0.25, -0.2) is 0 Å². The maximum Gasteiger partial charge on any atom is 0.270 e. The SMILES string of the molecule is CC(NC(=O)CNC(=O)c1cccc([N+](=O)[O-])c1)c1ccc2c(c1)OCCO2. The molecule has 0 bridgehead atoms. The average molecular weight is 385 g/mol. The number of rotatable bonds is 6. The molecule has 2 aromatic carbocycles. The Bertz CT molecular complexity index is 914. The largest absolute Gasteiger partial charge is 0.486 e. The molecule has 2 amide bonds. The van der Waals surface area contributed by atoms with Gasteiger partial charge in [0.05, 0.1) is 17.5 Å². The Morgan fingerprint density at radius 3 is 2.64 bits per heavy atom. The number of non-ortho nitro benzene ring substituents is 1. The number of nitro benzene ring substituents is 1. The summed E-state index contributed by atoms with van der Waals surface area (Å²) in [7, 11) is 0. The summed E-state index contributed by atoms with van der Waals surface area (Å²) in [5.41, 5.74) is 0.758. The van der Waals surface area contributed by atoms with Crippen LogP contribution in [0, 0.1) is 10.1 Å². The van der Waals surface area contributed by atoms with Crippen LogP contribution in [0.4, 0.5) is 5.69 Å². The molecular formula is C19H19N3O6. The molecule has 0 fully saturated rings. The minimum absolute atomic E-state index is 0.113. The lowest BCUT2D eigenvalue weighted by molar-refractivity contribution is -0.384. The summed E-state index contributed by atoms with van der Waals surface area (Å²) < 4.78 is 11.0. The van der Waals surface area contributed by atoms with Crippen LogP contribution in [-0.4, -0.2) is 36.5 Å². The molecule has 1 heterocycles. The third-order valence-electron chi connectivity index (χ3n) is 4.17. The lowest BCUT2D eigenvalue weighted by atomic mass is 10.1. The van der Waals surface area contributed by atoms with Gasteiger partial charge in [-0.15, -0.1) is 0 Å². The molecule has 1 aliphatic heterocycles. The van der Waals surface area contributed by atoms with Crippen LogP contribution < -0.4 is 20.1 Å². The van der Waals surface area contributed by atoms with Crippen LogP contribution >= 0.6 is 0 Å². The van der Waals surface area contributed by atoms with Crippen molar-refractivity contribution >= 4 is 17.5 Å². The quantitative estimate of drug-likeness (QED) is 0.579. The van der Waals surface area contributed by atoms with Crippen LogP contribution in [0.2, 0.25) is 0 Å². The van der Waals surface area contributed by atoms with E-state index in [1.165, 1.54) is 18.2 Å². The number of benzene rings is 2. The molecule has 0 saturated carbocycles. The fourth-order valence-corrected chi connectivity index (χ4v) is 2.73. The molecule has 2 aromatic rings. The second-order valence-corrected chi connectivity index (χ2v) is 6.18. The average Bonchev–Trinajstić information content (AvgIpc) is 2.71. The van der Waals surface area contributed by atoms with Gasteiger partial charge in [0.1, 0.15) is 13.2 Å². The summed E-state index contributed by atoms with van der Waals surface area (Å²) in [5.74, 6) is 0.341. The van der Waals surface area contributed by atoms with Crippen LogP contribution in [-0.2, 0) is 4.79 Å². The topological polar surface area (TPSA) is 120 Å². The van der Waals surface area contributed by atoms with Crippen molar-refractivity contribution in [3.8, 4) is 11.5 Å². The van der Waals surface area contributed by atoms with E-state index in [4.69, 9.17) is 9.47 Å². The summed E-state index contributed by atoms with van der Waals surface area (Å²) in [4.78, 5) is 34.4. The number of fused-ring (bicyclic) bond motifs is 1. The van der Waals surface area contributed by atoms with Crippen molar-refractivity contribution in [2.24, 2.45) is 0 Å². The zero-order valence-corrected chi connectivity index (χ0v) is 15.1. The van der Waals surface area contributed by atoms with Crippen molar-refractivity contribution in [3.63, 3.8) is 0 Å². The number of hydrogen-bond acceptors (Lipinski definition) is 6. The van der Waals surface area contributed by atoms with Crippen LogP contribution in [0.15, 0.2) is 42.5 Å². The minimum atomic E-state index is -0.585. The first-order valence-corrected chi connectivity index (χ1v) is 8.65. The predicted octanol–water partition coefficient (Wildman–Crippen LogP) is 1.97. The maximum atomic E-state index is 12.1. The van der Waals surface area contributed by atoms with E-state index in [-0.39, 0.29) is 29.7 Å². The van der Waals surface area contributed by atoms with Gasteiger partial charge in [-0.2, -0.15) is 0 Å². The third kappa shape index (κ3) is 4.56. The summed E-state index contributed by atoms with van der Waals surface area (Å²) in [6, 6.07) is 10.4. The van der Waals surface area contributed by atoms with E-state index in [1.807, 2.05) is 13.0 Å². The molecule has 28 heavy (non-hydrogen) atoms. The van der Waals surface area contributed by atoms with Gasteiger partial charge in [0.15, 0.2) is 11.5 Å². The van der Waals surface area contributed by atoms with Crippen molar-refractivity contribution in [1.82, 2.24) is 10.6 Å². The summed E-state index contributed by atoms with van der Waals surface area (Å²) >= 11 is 0. The highest BCUT2D eigenvalue weighted by atomic mass is 16.6. The van der Waals surface area contributed by atoms with Gasteiger partial charge in [0.2, 0.25) is 5.91 Å². The second-order valence-electron chi connectivity index (χ2n) is 6.18. The highest BCUT2D eigenvalue weighted by molar-refractivity contribution is 5.97. The summed E-state index contributed by atoms with van der Waals surface area (Å²) in [6.07, 6.45) is 0. The van der Waals surface area contributed by atoms with Crippen molar-refractivity contribution in [2.45, 2.75) is 13.0 Å². The molecule has 0 aromatic heterocycles. The van der Waals surface area contributed by atoms with Gasteiger partial charge in [0, 0.05) is 17.7 Å². The van der Waals surface area contributed by atoms with Crippen LogP contribution in [0.25, 0.3) is 0 Å². The Morgan fingerprint density at radius 2 is 1.89 bits per heavy atom. The number of ether oxygens (including phenoxy) is 2. The fraction of sp³-hybridized carbons (Fsp3) is 0.263. The molecule has 2 N–H and O–H groups in total. The molecule has 1 unspecified atom stereocenters. The van der Waals surface area contributed by atoms with Crippen LogP contribution in [0.1, 0.15) is 28.9 Å². The molecule has 1 aliphatic rings. The van der Waals surface area contributed by atoms with E-state index < -0.39 is 10.8 Å². The number of hydrogen-bond donors (Lipinski definition) is 2. The van der Waals surface area contributed by atoms with E-state index in [0.717, 1.165) is 11.6 Å². The van der Waals surface area contributed by atoms with Gasteiger partial charge in [0.25, 0.3) is 11.6 Å². The Labute approximate surface area is 160 Å². The Morgan fingerprint density at radius 1 is 1.14 bits per heavy atom. The molecule has 0 aliphatic carbocycles. The minimum Gasteiger partial charge on any atom is -0.486 e. The van der Waals surface area contributed by atoms with E-state index >= 15 is 0 Å². The third-order valence-corrected chi connectivity index (χ3v) is 4.17. The molecule has 3 rings (SSSR count). The number of nitrogens with zero attached hydrogens (tertiary/aromatic N) is 1. The summed E-state index contributed by atoms with van der Waals surface area (Å²) in [6.45, 7) is 2.53. The van der Waals surface area contributed by atoms with E-state index in [9.17, 15) is 19.7 Å². The van der Waals surface area contributed by atoms with Crippen LogP contribution in [0.5, 0.6) is 11.5 Å². The van der Waals surface area contributed by atoms with Gasteiger partial charge in [-0.1, -0.05) is 12.1 Å². The van der Waals surface area contributed by atoms with Crippen molar-refractivity contribution in [1.29, 1.82) is 0 Å². The van der Waals surface area contributed by atoms with Crippen molar-refractivity contribution in [3.05, 3.63) is 63.7 Å². The first kappa shape index (κ1) is 19.2. The van der Waals surface area contributed by atoms with Crippen LogP contribution in [0.3, 0.4) is 0 Å². The number of nitrogens with one attached hydrogen (secondary N) is 2. The molecule has 0 radical (unpaired) electrons. The lowest BCUT2D eigenvalue weighted by Gasteiger charge is -2.21. The molecule has 0 spiro atoms. The second kappa shape index (κ2) is 8.38. The molecule has 1 atom stereocenters. The van der Waals surface area contributed by atoms with Gasteiger partial charge < -0.3 is 20.1 Å². The molecular weight excluding hydrogens is 366 g/mol. The highest BCUT2D eigenvalue weighted by Crippen LogP contribution is 2.32. The number of nitro groups is 1. The normalized spacial score (nSPS) is 13.3. The van der Waals surface area contributed by atoms with E-state index in [2.05, 4.69) is 10.6 Å². The lowest BCUT2D eigenvalue weighted by Crippen LogP contribution is -2.38. The molecule has 0 saturated heterocycles. The predicted molar refractivity (Wildman–Crippen MR) is 99.4 cm³/mol. The fourth-order valence-electron chi connectivity index (χ4n) is 2.73. The maximum absolute atomic E-state index is 12.1. The zero-order chi connectivity index (χ0) is 20.1. The number of carbonyl (C=O) groups is 2. The zero-order valence-electron chi connectivity index (χ0n) is 15.1. The van der Waals surface area contributed by atoms with Crippen molar-refractivity contribution in [2.75, 3.05) is 19.8 Å². The first-order valence-electron chi connectivity index (χ1n) is 8.65. The first-order chi connectivity index (χ1) is 13.4. The molecule has 146 valence electrons. The van der Waals surface area contributed by atoms with E-state index in [1.54, 1.807) is 12.1 Å². The Kier molecular flexibility index (Phi) is 5.73. The Hall–Kier alpha value is -3.62. The van der Waals surface area contributed by atoms with Gasteiger partial charge in [-0.05, 0) is 30.7 Å². The Balaban J connectivity index is 1.54. The number of amides is 2. The van der Waals surface area contributed by atoms with Crippen molar-refractivity contribution < 1.29 is 24.0 Å². The standard InChI is InChI=1S/C19H19N3O6/c1-12(13-5-6-16-17(10-13)28-8-7-27-16)21-18(23)11-20-19(24)14-3-2-4-15(9-14)22(25)26/h2-6,9-10,12H,7-8,11H2,1H3,(H,20,24)(H,21,23). The highest BCUT2D eigenvalue weighted by Gasteiger charge is 2.17. The number of carbonyl (C=O) groups excluding carboxylic acids is 2. The molecule has 9 nitrogen and oxygen atoms in total. The van der Waals surface area contributed by atoms with Gasteiger partial charge >= 0.3 is 0 Å². The van der Waals surface area contributed by atoms with E-state index in [0.29, 0.717) is 24.7 Å². The smallest absolute Gasteiger partial charge is 0.270 e.